The van der Waals surface area contributed by atoms with Crippen LogP contribution in [0.2, 0.25) is 0 Å². The van der Waals surface area contributed by atoms with Gasteiger partial charge in [-0.25, -0.2) is 4.79 Å². The molecule has 0 bridgehead atoms. The van der Waals surface area contributed by atoms with Gasteiger partial charge in [-0.3, -0.25) is 24.0 Å². The number of nitrogens with two attached hydrogens (primary N) is 2. The summed E-state index contributed by atoms with van der Waals surface area (Å²) in [6, 6.07) is 0.271. The van der Waals surface area contributed by atoms with Crippen LogP contribution in [-0.4, -0.2) is 86.5 Å². The highest BCUT2D eigenvalue weighted by Crippen LogP contribution is 2.19. The number of aromatic hydroxyl groups is 1. The van der Waals surface area contributed by atoms with Gasteiger partial charge in [0.1, 0.15) is 23.9 Å². The van der Waals surface area contributed by atoms with Crippen molar-refractivity contribution in [2.45, 2.75) is 56.3 Å². The first kappa shape index (κ1) is 28.0. The second kappa shape index (κ2) is 12.5. The van der Waals surface area contributed by atoms with E-state index in [1.165, 1.54) is 24.3 Å². The van der Waals surface area contributed by atoms with Gasteiger partial charge >= 0.3 is 11.9 Å². The Bertz CT molecular complexity index is 1010. The molecule has 9 N–H and O–H groups in total. The number of carboxylic acids is 2. The van der Waals surface area contributed by atoms with Crippen LogP contribution in [0.25, 0.3) is 0 Å². The predicted molar refractivity (Wildman–Crippen MR) is 122 cm³/mol. The molecule has 0 aliphatic carbocycles. The Balaban J connectivity index is 2.12. The number of phenols is 1. The number of nitrogens with zero attached hydrogens (tertiary/aromatic N) is 1. The largest absolute Gasteiger partial charge is 0.508 e. The van der Waals surface area contributed by atoms with Gasteiger partial charge in [0.2, 0.25) is 23.6 Å². The Morgan fingerprint density at radius 2 is 1.64 bits per heavy atom. The third-order valence-corrected chi connectivity index (χ3v) is 5.58. The van der Waals surface area contributed by atoms with Gasteiger partial charge in [-0.2, -0.15) is 0 Å². The summed E-state index contributed by atoms with van der Waals surface area (Å²) in [5.41, 5.74) is 11.3. The third-order valence-electron chi connectivity index (χ3n) is 5.58. The minimum atomic E-state index is -1.53. The summed E-state index contributed by atoms with van der Waals surface area (Å²) in [6.45, 7) is 0.143. The van der Waals surface area contributed by atoms with Crippen LogP contribution in [0.15, 0.2) is 24.3 Å². The molecule has 0 saturated carbocycles. The Hall–Kier alpha value is -4.20. The molecule has 4 unspecified atom stereocenters. The first-order valence-corrected chi connectivity index (χ1v) is 11.1. The SMILES string of the molecule is NC(=O)CC(NC(=O)C1CCCN1C(=O)C(N)CC(=O)O)C(=O)NC(Cc1ccc(O)cc1)C(=O)O. The normalized spacial score (nSPS) is 17.5. The molecule has 1 aromatic carbocycles. The molecule has 1 saturated heterocycles. The summed E-state index contributed by atoms with van der Waals surface area (Å²) in [6.07, 6.45) is -0.786. The van der Waals surface area contributed by atoms with Gasteiger partial charge < -0.3 is 42.3 Å². The maximum Gasteiger partial charge on any atom is 0.326 e. The number of benzene rings is 1. The van der Waals surface area contributed by atoms with Crippen molar-refractivity contribution in [3.05, 3.63) is 29.8 Å². The van der Waals surface area contributed by atoms with Crippen LogP contribution < -0.4 is 22.1 Å². The summed E-state index contributed by atoms with van der Waals surface area (Å²) in [5.74, 6) is -6.14. The van der Waals surface area contributed by atoms with Gasteiger partial charge in [-0.05, 0) is 30.5 Å². The number of phenolic OH excluding ortho intramolecular Hbond substituents is 1. The zero-order chi connectivity index (χ0) is 27.0. The summed E-state index contributed by atoms with van der Waals surface area (Å²) >= 11 is 0. The Kier molecular flexibility index (Phi) is 9.73. The highest BCUT2D eigenvalue weighted by Gasteiger charge is 2.38. The standard InChI is InChI=1S/C22H29N5O9/c23-13(9-18(30)31)21(34)27-7-1-2-16(27)20(33)25-14(10-17(24)29)19(32)26-15(22(35)36)8-11-3-5-12(28)6-4-11/h3-6,13-16,28H,1-2,7-10,23H2,(H2,24,29)(H,25,33)(H,26,32)(H,30,31)(H,35,36). The van der Waals surface area contributed by atoms with Crippen LogP contribution in [0.5, 0.6) is 5.75 Å². The lowest BCUT2D eigenvalue weighted by atomic mass is 10.0. The van der Waals surface area contributed by atoms with Crippen molar-refractivity contribution in [1.82, 2.24) is 15.5 Å². The second-order valence-electron chi connectivity index (χ2n) is 8.40. The molecule has 4 atom stereocenters. The first-order chi connectivity index (χ1) is 16.9. The number of amides is 4. The van der Waals surface area contributed by atoms with Gasteiger partial charge in [0.15, 0.2) is 0 Å². The van der Waals surface area contributed by atoms with Gasteiger partial charge in [0.05, 0.1) is 18.9 Å². The number of primary amides is 1. The Morgan fingerprint density at radius 1 is 1.00 bits per heavy atom. The molecule has 1 heterocycles. The minimum absolute atomic E-state index is 0.0257. The number of aliphatic carboxylic acids is 2. The average molecular weight is 508 g/mol. The van der Waals surface area contributed by atoms with Crippen LogP contribution in [0, 0.1) is 0 Å². The third kappa shape index (κ3) is 7.94. The van der Waals surface area contributed by atoms with Crippen LogP contribution in [-0.2, 0) is 35.2 Å². The number of carbonyl (C=O) groups is 6. The summed E-state index contributed by atoms with van der Waals surface area (Å²) < 4.78 is 0. The van der Waals surface area contributed by atoms with Gasteiger partial charge in [-0.15, -0.1) is 0 Å². The van der Waals surface area contributed by atoms with Gasteiger partial charge in [0, 0.05) is 13.0 Å². The van der Waals surface area contributed by atoms with Crippen LogP contribution >= 0.6 is 0 Å². The average Bonchev–Trinajstić information content (AvgIpc) is 3.28. The van der Waals surface area contributed by atoms with E-state index in [1.807, 2.05) is 0 Å². The fourth-order valence-corrected chi connectivity index (χ4v) is 3.81. The maximum atomic E-state index is 12.9. The predicted octanol–water partition coefficient (Wildman–Crippen LogP) is -2.34. The van der Waals surface area contributed by atoms with E-state index >= 15 is 0 Å². The second-order valence-corrected chi connectivity index (χ2v) is 8.40. The number of likely N-dealkylation sites (tertiary alicyclic amines) is 1. The highest BCUT2D eigenvalue weighted by molar-refractivity contribution is 5.96. The Morgan fingerprint density at radius 3 is 2.19 bits per heavy atom. The number of carboxylic acid groups (broad SMARTS) is 2. The van der Waals surface area contributed by atoms with E-state index in [2.05, 4.69) is 10.6 Å². The molecule has 1 aliphatic rings. The van der Waals surface area contributed by atoms with E-state index < -0.39 is 72.6 Å². The van der Waals surface area contributed by atoms with Crippen molar-refractivity contribution < 1.29 is 44.1 Å². The molecule has 0 aromatic heterocycles. The first-order valence-electron chi connectivity index (χ1n) is 11.1. The molecule has 4 amide bonds. The molecule has 1 fully saturated rings. The molecule has 0 spiro atoms. The molecular weight excluding hydrogens is 478 g/mol. The molecule has 196 valence electrons. The van der Waals surface area contributed by atoms with Gasteiger partial charge in [-0.1, -0.05) is 12.1 Å². The molecule has 1 aliphatic heterocycles. The quantitative estimate of drug-likeness (QED) is 0.159. The number of rotatable bonds is 12. The van der Waals surface area contributed by atoms with Crippen molar-refractivity contribution >= 4 is 35.6 Å². The van der Waals surface area contributed by atoms with Crippen LogP contribution in [0.1, 0.15) is 31.2 Å². The fourth-order valence-electron chi connectivity index (χ4n) is 3.81. The number of hydrogen-bond acceptors (Lipinski definition) is 8. The summed E-state index contributed by atoms with van der Waals surface area (Å²) in [4.78, 5) is 73.5. The molecular formula is C22H29N5O9. The number of hydrogen-bond donors (Lipinski definition) is 7. The van der Waals surface area contributed by atoms with Crippen molar-refractivity contribution in [1.29, 1.82) is 0 Å². The van der Waals surface area contributed by atoms with Gasteiger partial charge in [0.25, 0.3) is 0 Å². The zero-order valence-electron chi connectivity index (χ0n) is 19.3. The lowest BCUT2D eigenvalue weighted by Crippen LogP contribution is -2.57. The van der Waals surface area contributed by atoms with Crippen LogP contribution in [0.3, 0.4) is 0 Å². The molecule has 1 aromatic rings. The highest BCUT2D eigenvalue weighted by atomic mass is 16.4. The lowest BCUT2D eigenvalue weighted by Gasteiger charge is -2.28. The fraction of sp³-hybridized carbons (Fsp3) is 0.455. The number of nitrogens with one attached hydrogen (secondary N) is 2. The zero-order valence-corrected chi connectivity index (χ0v) is 19.3. The molecule has 14 heteroatoms. The monoisotopic (exact) mass is 507 g/mol. The van der Waals surface area contributed by atoms with E-state index in [1.54, 1.807) is 0 Å². The van der Waals surface area contributed by atoms with Crippen molar-refractivity contribution in [3.8, 4) is 5.75 Å². The van der Waals surface area contributed by atoms with Crippen molar-refractivity contribution in [2.24, 2.45) is 11.5 Å². The molecule has 2 rings (SSSR count). The van der Waals surface area contributed by atoms with E-state index in [0.29, 0.717) is 12.0 Å². The molecule has 36 heavy (non-hydrogen) atoms. The molecule has 14 nitrogen and oxygen atoms in total. The summed E-state index contributed by atoms with van der Waals surface area (Å²) in [7, 11) is 0. The smallest absolute Gasteiger partial charge is 0.326 e. The maximum absolute atomic E-state index is 12.9. The Labute approximate surface area is 205 Å². The molecule has 0 radical (unpaired) electrons. The minimum Gasteiger partial charge on any atom is -0.508 e. The number of carbonyl (C=O) groups excluding carboxylic acids is 4. The summed E-state index contributed by atoms with van der Waals surface area (Å²) in [5, 5.41) is 32.4. The van der Waals surface area contributed by atoms with Crippen molar-refractivity contribution in [2.75, 3.05) is 6.54 Å². The topological polar surface area (TPSA) is 242 Å². The van der Waals surface area contributed by atoms with E-state index in [-0.39, 0.29) is 25.1 Å². The lowest BCUT2D eigenvalue weighted by molar-refractivity contribution is -0.144. The van der Waals surface area contributed by atoms with E-state index in [9.17, 15) is 39.0 Å². The van der Waals surface area contributed by atoms with Crippen LogP contribution in [0.4, 0.5) is 0 Å². The van der Waals surface area contributed by atoms with E-state index in [4.69, 9.17) is 16.6 Å². The van der Waals surface area contributed by atoms with Crippen molar-refractivity contribution in [3.63, 3.8) is 0 Å². The van der Waals surface area contributed by atoms with E-state index in [0.717, 1.165) is 4.90 Å².